The summed E-state index contributed by atoms with van der Waals surface area (Å²) in [4.78, 5) is 34.9. The number of aryl methyl sites for hydroxylation is 1. The number of furan rings is 1. The van der Waals surface area contributed by atoms with Crippen molar-refractivity contribution in [2.45, 2.75) is 25.6 Å². The monoisotopic (exact) mass is 394 g/mol. The first-order valence-electron chi connectivity index (χ1n) is 8.03. The van der Waals surface area contributed by atoms with Crippen LogP contribution in [0.1, 0.15) is 28.8 Å². The molecule has 1 aromatic heterocycles. The van der Waals surface area contributed by atoms with Gasteiger partial charge in [0, 0.05) is 5.69 Å². The molecule has 3 N–H and O–H groups in total. The van der Waals surface area contributed by atoms with Crippen LogP contribution in [0.4, 0.5) is 10.1 Å². The molecule has 0 aliphatic carbocycles. The molecular formula is C18H19FN2O5S. The quantitative estimate of drug-likeness (QED) is 0.635. The summed E-state index contributed by atoms with van der Waals surface area (Å²) in [6.45, 7) is 3.24. The first-order chi connectivity index (χ1) is 12.8. The number of benzene rings is 1. The van der Waals surface area contributed by atoms with Crippen LogP contribution in [0.5, 0.6) is 0 Å². The maximum atomic E-state index is 12.8. The van der Waals surface area contributed by atoms with E-state index in [1.807, 2.05) is 0 Å². The van der Waals surface area contributed by atoms with Gasteiger partial charge < -0.3 is 20.2 Å². The van der Waals surface area contributed by atoms with E-state index in [9.17, 15) is 18.8 Å². The Labute approximate surface area is 159 Å². The fraction of sp³-hybridized carbons (Fsp3) is 0.278. The summed E-state index contributed by atoms with van der Waals surface area (Å²) in [6.07, 6.45) is 0. The predicted octanol–water partition coefficient (Wildman–Crippen LogP) is 2.80. The molecular weight excluding hydrogens is 375 g/mol. The lowest BCUT2D eigenvalue weighted by Gasteiger charge is -2.11. The number of rotatable bonds is 8. The van der Waals surface area contributed by atoms with E-state index in [-0.39, 0.29) is 35.4 Å². The van der Waals surface area contributed by atoms with Crippen LogP contribution >= 0.6 is 11.8 Å². The average Bonchev–Trinajstić information content (AvgIpc) is 3.00. The van der Waals surface area contributed by atoms with Crippen molar-refractivity contribution in [3.8, 4) is 0 Å². The molecule has 0 spiro atoms. The fourth-order valence-electron chi connectivity index (χ4n) is 2.17. The number of carboxylic acid groups (broad SMARTS) is 1. The zero-order chi connectivity index (χ0) is 20.0. The van der Waals surface area contributed by atoms with Crippen molar-refractivity contribution >= 4 is 35.2 Å². The summed E-state index contributed by atoms with van der Waals surface area (Å²) in [5, 5.41) is 13.7. The second-order valence-electron chi connectivity index (χ2n) is 5.71. The van der Waals surface area contributed by atoms with Crippen molar-refractivity contribution in [1.29, 1.82) is 0 Å². The number of carboxylic acids is 1. The van der Waals surface area contributed by atoms with Gasteiger partial charge in [0.15, 0.2) is 0 Å². The highest BCUT2D eigenvalue weighted by atomic mass is 32.2. The number of thioether (sulfide) groups is 1. The molecule has 2 amide bonds. The largest absolute Gasteiger partial charge is 0.478 e. The Morgan fingerprint density at radius 2 is 1.93 bits per heavy atom. The third-order valence-electron chi connectivity index (χ3n) is 3.60. The number of hydrogen-bond acceptors (Lipinski definition) is 5. The standard InChI is InChI=1S/C18H19FN2O5S/c1-10-15(18(24)25)7-14(26-10)8-20-17(23)11(2)27-9-16(22)21-13-5-3-12(19)4-6-13/h3-7,11H,8-9H2,1-2H3,(H,20,23)(H,21,22)(H,24,25). The van der Waals surface area contributed by atoms with E-state index in [1.54, 1.807) is 6.92 Å². The van der Waals surface area contributed by atoms with Crippen LogP contribution in [0.15, 0.2) is 34.7 Å². The molecule has 1 aromatic carbocycles. The molecule has 0 saturated carbocycles. The highest BCUT2D eigenvalue weighted by Gasteiger charge is 2.17. The third kappa shape index (κ3) is 6.14. The minimum Gasteiger partial charge on any atom is -0.478 e. The molecule has 1 heterocycles. The van der Waals surface area contributed by atoms with Gasteiger partial charge in [-0.2, -0.15) is 0 Å². The molecule has 144 valence electrons. The summed E-state index contributed by atoms with van der Waals surface area (Å²) in [6, 6.07) is 6.75. The molecule has 0 aliphatic rings. The lowest BCUT2D eigenvalue weighted by Crippen LogP contribution is -2.31. The zero-order valence-electron chi connectivity index (χ0n) is 14.7. The van der Waals surface area contributed by atoms with Gasteiger partial charge in [-0.15, -0.1) is 11.8 Å². The van der Waals surface area contributed by atoms with Gasteiger partial charge in [0.25, 0.3) is 0 Å². The summed E-state index contributed by atoms with van der Waals surface area (Å²) in [5.74, 6) is -1.44. The van der Waals surface area contributed by atoms with E-state index in [0.717, 1.165) is 11.8 Å². The highest BCUT2D eigenvalue weighted by molar-refractivity contribution is 8.01. The predicted molar refractivity (Wildman–Crippen MR) is 99.2 cm³/mol. The molecule has 1 atom stereocenters. The Morgan fingerprint density at radius 1 is 1.26 bits per heavy atom. The number of aromatic carboxylic acids is 1. The molecule has 1 unspecified atom stereocenters. The molecule has 2 aromatic rings. The van der Waals surface area contributed by atoms with E-state index in [0.29, 0.717) is 11.4 Å². The number of hydrogen-bond donors (Lipinski definition) is 3. The van der Waals surface area contributed by atoms with Gasteiger partial charge in [-0.25, -0.2) is 9.18 Å². The maximum Gasteiger partial charge on any atom is 0.339 e. The molecule has 2 rings (SSSR count). The average molecular weight is 394 g/mol. The molecule has 0 aliphatic heterocycles. The fourth-order valence-corrected chi connectivity index (χ4v) is 2.88. The van der Waals surface area contributed by atoms with E-state index in [2.05, 4.69) is 10.6 Å². The van der Waals surface area contributed by atoms with E-state index < -0.39 is 17.0 Å². The van der Waals surface area contributed by atoms with Crippen molar-refractivity contribution in [3.05, 3.63) is 53.2 Å². The maximum absolute atomic E-state index is 12.8. The van der Waals surface area contributed by atoms with Crippen molar-refractivity contribution in [2.24, 2.45) is 0 Å². The number of nitrogens with one attached hydrogen (secondary N) is 2. The Kier molecular flexibility index (Phi) is 7.00. The third-order valence-corrected chi connectivity index (χ3v) is 4.74. The van der Waals surface area contributed by atoms with E-state index in [1.165, 1.54) is 37.3 Å². The van der Waals surface area contributed by atoms with Crippen LogP contribution in [0.3, 0.4) is 0 Å². The van der Waals surface area contributed by atoms with E-state index >= 15 is 0 Å². The van der Waals surface area contributed by atoms with Gasteiger partial charge in [-0.05, 0) is 44.2 Å². The van der Waals surface area contributed by atoms with Crippen LogP contribution in [-0.4, -0.2) is 33.9 Å². The summed E-state index contributed by atoms with van der Waals surface area (Å²) >= 11 is 1.14. The van der Waals surface area contributed by atoms with Gasteiger partial charge in [-0.1, -0.05) is 0 Å². The second kappa shape index (κ2) is 9.22. The van der Waals surface area contributed by atoms with Crippen molar-refractivity contribution in [1.82, 2.24) is 5.32 Å². The Bertz CT molecular complexity index is 835. The SMILES string of the molecule is Cc1oc(CNC(=O)C(C)SCC(=O)Nc2ccc(F)cc2)cc1C(=O)O. The Balaban J connectivity index is 1.76. The number of anilines is 1. The van der Waals surface area contributed by atoms with Crippen LogP contribution in [0, 0.1) is 12.7 Å². The van der Waals surface area contributed by atoms with Gasteiger partial charge in [0.2, 0.25) is 11.8 Å². The minimum absolute atomic E-state index is 0.0506. The van der Waals surface area contributed by atoms with Gasteiger partial charge >= 0.3 is 5.97 Å². The van der Waals surface area contributed by atoms with Gasteiger partial charge in [-0.3, -0.25) is 9.59 Å². The molecule has 7 nitrogen and oxygen atoms in total. The van der Waals surface area contributed by atoms with Gasteiger partial charge in [0.05, 0.1) is 17.5 Å². The normalized spacial score (nSPS) is 11.7. The topological polar surface area (TPSA) is 109 Å². The van der Waals surface area contributed by atoms with Crippen LogP contribution in [0.2, 0.25) is 0 Å². The van der Waals surface area contributed by atoms with Crippen molar-refractivity contribution in [2.75, 3.05) is 11.1 Å². The van der Waals surface area contributed by atoms with Crippen LogP contribution in [0.25, 0.3) is 0 Å². The zero-order valence-corrected chi connectivity index (χ0v) is 15.6. The molecule has 0 radical (unpaired) electrons. The summed E-state index contributed by atoms with van der Waals surface area (Å²) in [7, 11) is 0. The Morgan fingerprint density at radius 3 is 2.52 bits per heavy atom. The van der Waals surface area contributed by atoms with E-state index in [4.69, 9.17) is 9.52 Å². The van der Waals surface area contributed by atoms with Crippen LogP contribution < -0.4 is 10.6 Å². The molecule has 27 heavy (non-hydrogen) atoms. The molecule has 0 bridgehead atoms. The smallest absolute Gasteiger partial charge is 0.339 e. The summed E-state index contributed by atoms with van der Waals surface area (Å²) in [5.41, 5.74) is 0.528. The number of carbonyl (C=O) groups is 3. The number of amides is 2. The Hall–Kier alpha value is -2.81. The van der Waals surface area contributed by atoms with Crippen molar-refractivity contribution < 1.29 is 28.3 Å². The first kappa shape index (κ1) is 20.5. The molecule has 9 heteroatoms. The second-order valence-corrected chi connectivity index (χ2v) is 7.04. The molecule has 0 fully saturated rings. The molecule has 0 saturated heterocycles. The minimum atomic E-state index is -1.09. The first-order valence-corrected chi connectivity index (χ1v) is 9.08. The van der Waals surface area contributed by atoms with Gasteiger partial charge in [0.1, 0.15) is 22.9 Å². The number of carbonyl (C=O) groups excluding carboxylic acids is 2. The lowest BCUT2D eigenvalue weighted by atomic mass is 10.2. The van der Waals surface area contributed by atoms with Crippen molar-refractivity contribution in [3.63, 3.8) is 0 Å². The highest BCUT2D eigenvalue weighted by Crippen LogP contribution is 2.16. The summed E-state index contributed by atoms with van der Waals surface area (Å²) < 4.78 is 18.1. The van der Waals surface area contributed by atoms with Crippen LogP contribution in [-0.2, 0) is 16.1 Å². The lowest BCUT2D eigenvalue weighted by molar-refractivity contribution is -0.120. The number of halogens is 1.